The molecule has 24 heavy (non-hydrogen) atoms. The van der Waals surface area contributed by atoms with Crippen molar-refractivity contribution in [3.63, 3.8) is 0 Å². The standard InChI is InChI=1S/C16H18N6OS/c1-20-9-12(8-18-20)15-19-14(11-24-15)16(23)21-6-2-4-13(10-21)22-7-3-5-17-22/h3,5,7-9,11,13H,2,4,6,10H2,1H3. The second-order valence-corrected chi connectivity index (χ2v) is 6.83. The van der Waals surface area contributed by atoms with Crippen molar-refractivity contribution < 1.29 is 4.79 Å². The van der Waals surface area contributed by atoms with E-state index in [-0.39, 0.29) is 11.9 Å². The number of piperidine rings is 1. The Labute approximate surface area is 143 Å². The molecule has 1 saturated heterocycles. The Morgan fingerprint density at radius 1 is 1.38 bits per heavy atom. The predicted octanol–water partition coefficient (Wildman–Crippen LogP) is 2.22. The molecule has 3 aromatic rings. The van der Waals surface area contributed by atoms with Crippen LogP contribution in [-0.4, -0.2) is 48.4 Å². The molecule has 1 fully saturated rings. The number of amides is 1. The van der Waals surface area contributed by atoms with Crippen LogP contribution < -0.4 is 0 Å². The summed E-state index contributed by atoms with van der Waals surface area (Å²) in [5.74, 6) is -0.00162. The zero-order valence-electron chi connectivity index (χ0n) is 13.4. The summed E-state index contributed by atoms with van der Waals surface area (Å²) in [6.07, 6.45) is 9.44. The third-order valence-corrected chi connectivity index (χ3v) is 5.15. The number of likely N-dealkylation sites (tertiary alicyclic amines) is 1. The van der Waals surface area contributed by atoms with Crippen molar-refractivity contribution in [2.75, 3.05) is 13.1 Å². The van der Waals surface area contributed by atoms with E-state index in [4.69, 9.17) is 0 Å². The van der Waals surface area contributed by atoms with Gasteiger partial charge in [-0.2, -0.15) is 10.2 Å². The smallest absolute Gasteiger partial charge is 0.273 e. The summed E-state index contributed by atoms with van der Waals surface area (Å²) in [5, 5.41) is 11.1. The monoisotopic (exact) mass is 342 g/mol. The third kappa shape index (κ3) is 2.84. The lowest BCUT2D eigenvalue weighted by atomic mass is 10.1. The summed E-state index contributed by atoms with van der Waals surface area (Å²) >= 11 is 1.48. The van der Waals surface area contributed by atoms with E-state index in [1.807, 2.05) is 40.5 Å². The van der Waals surface area contributed by atoms with Crippen molar-refractivity contribution in [1.82, 2.24) is 29.4 Å². The average Bonchev–Trinajstić information content (AvgIpc) is 3.35. The highest BCUT2D eigenvalue weighted by atomic mass is 32.1. The minimum absolute atomic E-state index is 0.00162. The van der Waals surface area contributed by atoms with E-state index in [2.05, 4.69) is 15.2 Å². The van der Waals surface area contributed by atoms with Gasteiger partial charge in [-0.15, -0.1) is 11.3 Å². The zero-order valence-corrected chi connectivity index (χ0v) is 14.2. The van der Waals surface area contributed by atoms with E-state index < -0.39 is 0 Å². The molecule has 3 aromatic heterocycles. The van der Waals surface area contributed by atoms with Gasteiger partial charge in [0.25, 0.3) is 5.91 Å². The summed E-state index contributed by atoms with van der Waals surface area (Å²) in [7, 11) is 1.87. The number of aryl methyl sites for hydroxylation is 1. The lowest BCUT2D eigenvalue weighted by molar-refractivity contribution is 0.0668. The molecule has 4 rings (SSSR count). The topological polar surface area (TPSA) is 68.8 Å². The van der Waals surface area contributed by atoms with Gasteiger partial charge in [-0.1, -0.05) is 0 Å². The second-order valence-electron chi connectivity index (χ2n) is 5.97. The van der Waals surface area contributed by atoms with Crippen molar-refractivity contribution in [1.29, 1.82) is 0 Å². The van der Waals surface area contributed by atoms with Crippen molar-refractivity contribution in [3.8, 4) is 10.6 Å². The summed E-state index contributed by atoms with van der Waals surface area (Å²) in [4.78, 5) is 19.2. The largest absolute Gasteiger partial charge is 0.335 e. The number of rotatable bonds is 3. The van der Waals surface area contributed by atoms with E-state index in [0.717, 1.165) is 30.0 Å². The molecular weight excluding hydrogens is 324 g/mol. The van der Waals surface area contributed by atoms with Crippen LogP contribution in [0.25, 0.3) is 10.6 Å². The number of hydrogen-bond donors (Lipinski definition) is 0. The number of thiazole rings is 1. The molecule has 124 valence electrons. The van der Waals surface area contributed by atoms with Gasteiger partial charge in [0.1, 0.15) is 10.7 Å². The number of aromatic nitrogens is 5. The molecular formula is C16H18N6OS. The van der Waals surface area contributed by atoms with Crippen molar-refractivity contribution >= 4 is 17.2 Å². The summed E-state index contributed by atoms with van der Waals surface area (Å²) in [5.41, 5.74) is 1.45. The zero-order chi connectivity index (χ0) is 16.5. The average molecular weight is 342 g/mol. The Morgan fingerprint density at radius 3 is 3.04 bits per heavy atom. The molecule has 0 N–H and O–H groups in total. The number of carbonyl (C=O) groups excluding carboxylic acids is 1. The fourth-order valence-electron chi connectivity index (χ4n) is 3.05. The second kappa shape index (κ2) is 6.20. The molecule has 4 heterocycles. The highest BCUT2D eigenvalue weighted by Crippen LogP contribution is 2.26. The molecule has 0 bridgehead atoms. The van der Waals surface area contributed by atoms with E-state index in [0.29, 0.717) is 12.2 Å². The maximum atomic E-state index is 12.8. The first kappa shape index (κ1) is 15.1. The van der Waals surface area contributed by atoms with Crippen LogP contribution in [-0.2, 0) is 7.05 Å². The van der Waals surface area contributed by atoms with Gasteiger partial charge in [-0.05, 0) is 18.9 Å². The lowest BCUT2D eigenvalue weighted by Crippen LogP contribution is -2.41. The molecule has 7 nitrogen and oxygen atoms in total. The molecule has 0 aromatic carbocycles. The Hall–Kier alpha value is -2.48. The highest BCUT2D eigenvalue weighted by Gasteiger charge is 2.27. The maximum Gasteiger partial charge on any atom is 0.273 e. The van der Waals surface area contributed by atoms with E-state index in [9.17, 15) is 4.79 Å². The molecule has 1 aliphatic rings. The van der Waals surface area contributed by atoms with Crippen molar-refractivity contribution in [2.24, 2.45) is 7.05 Å². The number of hydrogen-bond acceptors (Lipinski definition) is 5. The van der Waals surface area contributed by atoms with Crippen LogP contribution in [0, 0.1) is 0 Å². The van der Waals surface area contributed by atoms with E-state index in [1.165, 1.54) is 11.3 Å². The molecule has 0 radical (unpaired) electrons. The summed E-state index contributed by atoms with van der Waals surface area (Å²) < 4.78 is 3.68. The van der Waals surface area contributed by atoms with Crippen LogP contribution in [0.15, 0.2) is 36.2 Å². The minimum atomic E-state index is -0.00162. The van der Waals surface area contributed by atoms with Gasteiger partial charge < -0.3 is 4.90 Å². The van der Waals surface area contributed by atoms with Crippen LogP contribution in [0.1, 0.15) is 29.4 Å². The summed E-state index contributed by atoms with van der Waals surface area (Å²) in [6.45, 7) is 1.45. The lowest BCUT2D eigenvalue weighted by Gasteiger charge is -2.32. The highest BCUT2D eigenvalue weighted by molar-refractivity contribution is 7.13. The molecule has 0 spiro atoms. The van der Waals surface area contributed by atoms with Crippen LogP contribution in [0.4, 0.5) is 0 Å². The molecule has 1 aliphatic heterocycles. The van der Waals surface area contributed by atoms with Crippen LogP contribution in [0.2, 0.25) is 0 Å². The molecule has 8 heteroatoms. The maximum absolute atomic E-state index is 12.8. The fraction of sp³-hybridized carbons (Fsp3) is 0.375. The predicted molar refractivity (Wildman–Crippen MR) is 90.7 cm³/mol. The first-order valence-electron chi connectivity index (χ1n) is 7.93. The molecule has 1 unspecified atom stereocenters. The van der Waals surface area contributed by atoms with Crippen molar-refractivity contribution in [2.45, 2.75) is 18.9 Å². The SMILES string of the molecule is Cn1cc(-c2nc(C(=O)N3CCCC(n4cccn4)C3)cs2)cn1. The number of carbonyl (C=O) groups is 1. The van der Waals surface area contributed by atoms with Gasteiger partial charge in [0, 0.05) is 49.7 Å². The van der Waals surface area contributed by atoms with Gasteiger partial charge in [-0.3, -0.25) is 14.2 Å². The van der Waals surface area contributed by atoms with Gasteiger partial charge in [0.05, 0.1) is 12.2 Å². The van der Waals surface area contributed by atoms with E-state index in [1.54, 1.807) is 17.1 Å². The van der Waals surface area contributed by atoms with Gasteiger partial charge in [-0.25, -0.2) is 4.98 Å². The van der Waals surface area contributed by atoms with Crippen molar-refractivity contribution in [3.05, 3.63) is 41.9 Å². The number of nitrogens with zero attached hydrogens (tertiary/aromatic N) is 6. The first-order valence-corrected chi connectivity index (χ1v) is 8.81. The van der Waals surface area contributed by atoms with Crippen LogP contribution in [0.5, 0.6) is 0 Å². The Kier molecular flexibility index (Phi) is 3.89. The van der Waals surface area contributed by atoms with Gasteiger partial charge in [0.2, 0.25) is 0 Å². The Balaban J connectivity index is 1.50. The van der Waals surface area contributed by atoms with Gasteiger partial charge >= 0.3 is 0 Å². The normalized spacial score (nSPS) is 18.0. The molecule has 1 amide bonds. The van der Waals surface area contributed by atoms with Crippen LogP contribution in [0.3, 0.4) is 0 Å². The Morgan fingerprint density at radius 2 is 2.29 bits per heavy atom. The van der Waals surface area contributed by atoms with Crippen LogP contribution >= 0.6 is 11.3 Å². The summed E-state index contributed by atoms with van der Waals surface area (Å²) in [6, 6.07) is 2.16. The first-order chi connectivity index (χ1) is 11.7. The molecule has 0 aliphatic carbocycles. The quantitative estimate of drug-likeness (QED) is 0.732. The minimum Gasteiger partial charge on any atom is -0.335 e. The molecule has 0 saturated carbocycles. The molecule has 1 atom stereocenters. The Bertz CT molecular complexity index is 837. The van der Waals surface area contributed by atoms with E-state index >= 15 is 0 Å². The van der Waals surface area contributed by atoms with Gasteiger partial charge in [0.15, 0.2) is 0 Å². The third-order valence-electron chi connectivity index (χ3n) is 4.26. The fourth-order valence-corrected chi connectivity index (χ4v) is 3.82.